The van der Waals surface area contributed by atoms with Crippen LogP contribution in [0.4, 0.5) is 5.95 Å². The molecule has 102 valence electrons. The SMILES string of the molecule is CC1CCCC(Nc2nc3c(Br)cccn3n2)CC1. The first-order valence-corrected chi connectivity index (χ1v) is 7.79. The molecule has 0 aliphatic heterocycles. The van der Waals surface area contributed by atoms with Gasteiger partial charge in [0.15, 0.2) is 5.65 Å². The number of anilines is 1. The molecule has 2 unspecified atom stereocenters. The van der Waals surface area contributed by atoms with Crippen molar-refractivity contribution in [3.05, 3.63) is 22.8 Å². The van der Waals surface area contributed by atoms with Crippen LogP contribution in [0.15, 0.2) is 22.8 Å². The fourth-order valence-electron chi connectivity index (χ4n) is 2.75. The second kappa shape index (κ2) is 5.49. The molecule has 0 radical (unpaired) electrons. The third-order valence-corrected chi connectivity index (χ3v) is 4.52. The predicted molar refractivity (Wildman–Crippen MR) is 80.3 cm³/mol. The highest BCUT2D eigenvalue weighted by Gasteiger charge is 2.17. The minimum absolute atomic E-state index is 0.515. The molecule has 1 aliphatic carbocycles. The third-order valence-electron chi connectivity index (χ3n) is 3.91. The standard InChI is InChI=1S/C14H19BrN4/c1-10-4-2-5-11(8-7-10)16-14-17-13-12(15)6-3-9-19(13)18-14/h3,6,9-11H,2,4-5,7-8H2,1H3,(H,16,18). The third kappa shape index (κ3) is 2.91. The van der Waals surface area contributed by atoms with Crippen molar-refractivity contribution in [2.75, 3.05) is 5.32 Å². The quantitative estimate of drug-likeness (QED) is 0.853. The van der Waals surface area contributed by atoms with Crippen molar-refractivity contribution >= 4 is 27.5 Å². The Bertz CT molecular complexity index is 566. The van der Waals surface area contributed by atoms with Crippen molar-refractivity contribution in [1.29, 1.82) is 0 Å². The molecular formula is C14H19BrN4. The van der Waals surface area contributed by atoms with E-state index in [0.717, 1.165) is 22.0 Å². The molecule has 1 fully saturated rings. The highest BCUT2D eigenvalue weighted by Crippen LogP contribution is 2.25. The van der Waals surface area contributed by atoms with Crippen LogP contribution in [-0.2, 0) is 0 Å². The lowest BCUT2D eigenvalue weighted by Crippen LogP contribution is -2.19. The molecule has 2 heterocycles. The van der Waals surface area contributed by atoms with Gasteiger partial charge in [-0.05, 0) is 53.2 Å². The summed E-state index contributed by atoms with van der Waals surface area (Å²) >= 11 is 3.50. The normalized spacial score (nSPS) is 24.3. The molecule has 1 aliphatic rings. The summed E-state index contributed by atoms with van der Waals surface area (Å²) in [5, 5.41) is 7.98. The Hall–Kier alpha value is -1.10. The van der Waals surface area contributed by atoms with Gasteiger partial charge in [-0.2, -0.15) is 4.98 Å². The fourth-order valence-corrected chi connectivity index (χ4v) is 3.17. The zero-order valence-corrected chi connectivity index (χ0v) is 12.7. The number of aromatic nitrogens is 3. The first kappa shape index (κ1) is 12.9. The first-order valence-electron chi connectivity index (χ1n) is 7.00. The number of hydrogen-bond acceptors (Lipinski definition) is 3. The Morgan fingerprint density at radius 2 is 2.21 bits per heavy atom. The molecule has 4 nitrogen and oxygen atoms in total. The maximum Gasteiger partial charge on any atom is 0.243 e. The van der Waals surface area contributed by atoms with Crippen molar-refractivity contribution in [2.45, 2.75) is 45.1 Å². The molecule has 1 N–H and O–H groups in total. The highest BCUT2D eigenvalue weighted by atomic mass is 79.9. The van der Waals surface area contributed by atoms with Gasteiger partial charge in [0.25, 0.3) is 0 Å². The second-order valence-corrected chi connectivity index (χ2v) is 6.37. The van der Waals surface area contributed by atoms with Crippen molar-refractivity contribution in [3.8, 4) is 0 Å². The van der Waals surface area contributed by atoms with E-state index >= 15 is 0 Å². The van der Waals surface area contributed by atoms with Gasteiger partial charge in [-0.3, -0.25) is 0 Å². The van der Waals surface area contributed by atoms with E-state index in [4.69, 9.17) is 0 Å². The van der Waals surface area contributed by atoms with Crippen molar-refractivity contribution in [3.63, 3.8) is 0 Å². The molecule has 2 aromatic heterocycles. The molecule has 2 aromatic rings. The average Bonchev–Trinajstić information content (AvgIpc) is 2.69. The second-order valence-electron chi connectivity index (χ2n) is 5.51. The number of hydrogen-bond donors (Lipinski definition) is 1. The summed E-state index contributed by atoms with van der Waals surface area (Å²) in [4.78, 5) is 4.55. The lowest BCUT2D eigenvalue weighted by molar-refractivity contribution is 0.501. The average molecular weight is 323 g/mol. The lowest BCUT2D eigenvalue weighted by Gasteiger charge is -2.14. The molecule has 0 amide bonds. The maximum atomic E-state index is 4.55. The zero-order chi connectivity index (χ0) is 13.2. The van der Waals surface area contributed by atoms with Crippen molar-refractivity contribution in [2.24, 2.45) is 5.92 Å². The van der Waals surface area contributed by atoms with Crippen molar-refractivity contribution < 1.29 is 0 Å². The van der Waals surface area contributed by atoms with E-state index in [1.165, 1.54) is 32.1 Å². The van der Waals surface area contributed by atoms with Gasteiger partial charge in [-0.15, -0.1) is 5.10 Å². The Balaban J connectivity index is 1.76. The van der Waals surface area contributed by atoms with Gasteiger partial charge < -0.3 is 5.32 Å². The molecule has 19 heavy (non-hydrogen) atoms. The Morgan fingerprint density at radius 3 is 3.05 bits per heavy atom. The fraction of sp³-hybridized carbons (Fsp3) is 0.571. The summed E-state index contributed by atoms with van der Waals surface area (Å²) in [6.45, 7) is 2.35. The van der Waals surface area contributed by atoms with E-state index in [9.17, 15) is 0 Å². The van der Waals surface area contributed by atoms with Crippen LogP contribution in [0.1, 0.15) is 39.0 Å². The topological polar surface area (TPSA) is 42.2 Å². The van der Waals surface area contributed by atoms with Gasteiger partial charge in [-0.25, -0.2) is 4.52 Å². The van der Waals surface area contributed by atoms with E-state index < -0.39 is 0 Å². The minimum atomic E-state index is 0.515. The minimum Gasteiger partial charge on any atom is -0.350 e. The molecular weight excluding hydrogens is 304 g/mol. The van der Waals surface area contributed by atoms with E-state index in [1.54, 1.807) is 0 Å². The van der Waals surface area contributed by atoms with Crippen LogP contribution in [-0.4, -0.2) is 20.6 Å². The zero-order valence-electron chi connectivity index (χ0n) is 11.1. The van der Waals surface area contributed by atoms with Crippen LogP contribution in [0.2, 0.25) is 0 Å². The molecule has 3 rings (SSSR count). The number of halogens is 1. The molecule has 0 bridgehead atoms. The van der Waals surface area contributed by atoms with Crippen LogP contribution in [0.3, 0.4) is 0 Å². The number of fused-ring (bicyclic) bond motifs is 1. The van der Waals surface area contributed by atoms with Gasteiger partial charge in [0.2, 0.25) is 5.95 Å². The Kier molecular flexibility index (Phi) is 3.73. The van der Waals surface area contributed by atoms with Crippen LogP contribution in [0.5, 0.6) is 0 Å². The summed E-state index contributed by atoms with van der Waals surface area (Å²) < 4.78 is 2.79. The van der Waals surface area contributed by atoms with Crippen molar-refractivity contribution in [1.82, 2.24) is 14.6 Å². The monoisotopic (exact) mass is 322 g/mol. The summed E-state index contributed by atoms with van der Waals surface area (Å²) in [6, 6.07) is 4.46. The lowest BCUT2D eigenvalue weighted by atomic mass is 10.0. The van der Waals surface area contributed by atoms with Gasteiger partial charge in [0.05, 0.1) is 4.47 Å². The molecule has 5 heteroatoms. The van der Waals surface area contributed by atoms with E-state index in [0.29, 0.717) is 6.04 Å². The number of nitrogens with one attached hydrogen (secondary N) is 1. The van der Waals surface area contributed by atoms with Gasteiger partial charge in [-0.1, -0.05) is 19.8 Å². The number of nitrogens with zero attached hydrogens (tertiary/aromatic N) is 3. The van der Waals surface area contributed by atoms with E-state index in [2.05, 4.69) is 38.3 Å². The first-order chi connectivity index (χ1) is 9.22. The Labute approximate surface area is 121 Å². The number of pyridine rings is 1. The maximum absolute atomic E-state index is 4.55. The summed E-state index contributed by atoms with van der Waals surface area (Å²) in [6.07, 6.45) is 8.32. The van der Waals surface area contributed by atoms with Crippen LogP contribution < -0.4 is 5.32 Å². The van der Waals surface area contributed by atoms with E-state index in [-0.39, 0.29) is 0 Å². The van der Waals surface area contributed by atoms with Gasteiger partial charge in [0, 0.05) is 12.2 Å². The number of rotatable bonds is 2. The van der Waals surface area contributed by atoms with Crippen LogP contribution >= 0.6 is 15.9 Å². The summed E-state index contributed by atoms with van der Waals surface area (Å²) in [7, 11) is 0. The molecule has 2 atom stereocenters. The summed E-state index contributed by atoms with van der Waals surface area (Å²) in [5.41, 5.74) is 0.868. The van der Waals surface area contributed by atoms with Gasteiger partial charge in [0.1, 0.15) is 0 Å². The van der Waals surface area contributed by atoms with E-state index in [1.807, 2.05) is 22.8 Å². The molecule has 1 saturated carbocycles. The predicted octanol–water partition coefficient (Wildman–Crippen LogP) is 3.87. The summed E-state index contributed by atoms with van der Waals surface area (Å²) in [5.74, 6) is 1.60. The largest absolute Gasteiger partial charge is 0.350 e. The molecule has 0 aromatic carbocycles. The van der Waals surface area contributed by atoms with Gasteiger partial charge >= 0.3 is 0 Å². The molecule has 0 spiro atoms. The highest BCUT2D eigenvalue weighted by molar-refractivity contribution is 9.10. The van der Waals surface area contributed by atoms with Crippen LogP contribution in [0, 0.1) is 5.92 Å². The Morgan fingerprint density at radius 1 is 1.32 bits per heavy atom. The molecule has 0 saturated heterocycles. The smallest absolute Gasteiger partial charge is 0.243 e. The van der Waals surface area contributed by atoms with Crippen LogP contribution in [0.25, 0.3) is 5.65 Å².